The van der Waals surface area contributed by atoms with E-state index in [1.807, 2.05) is 60.7 Å². The lowest BCUT2D eigenvalue weighted by Gasteiger charge is -2.39. The number of imide groups is 1. The van der Waals surface area contributed by atoms with Gasteiger partial charge < -0.3 is 30.1 Å². The summed E-state index contributed by atoms with van der Waals surface area (Å²) >= 11 is 0. The fourth-order valence-corrected chi connectivity index (χ4v) is 10.5. The van der Waals surface area contributed by atoms with Crippen LogP contribution in [0.1, 0.15) is 84.8 Å². The first-order valence-corrected chi connectivity index (χ1v) is 22.6. The normalized spacial score (nSPS) is 22.3. The van der Waals surface area contributed by atoms with Crippen molar-refractivity contribution in [2.75, 3.05) is 64.6 Å². The minimum Gasteiger partial charge on any atom is -0.457 e. The maximum absolute atomic E-state index is 13.2. The second-order valence-electron chi connectivity index (χ2n) is 18.0. The summed E-state index contributed by atoms with van der Waals surface area (Å²) in [6.45, 7) is 10.3. The number of para-hydroxylation sites is 1. The highest BCUT2D eigenvalue weighted by atomic mass is 16.5. The molecule has 5 aromatic rings. The molecule has 0 saturated carbocycles. The lowest BCUT2D eigenvalue weighted by atomic mass is 9.88. The highest BCUT2D eigenvalue weighted by molar-refractivity contribution is 6.05. The van der Waals surface area contributed by atoms with E-state index in [1.165, 1.54) is 18.4 Å². The first-order chi connectivity index (χ1) is 30.3. The summed E-state index contributed by atoms with van der Waals surface area (Å²) in [7, 11) is 0. The van der Waals surface area contributed by atoms with Gasteiger partial charge in [0.15, 0.2) is 5.65 Å². The molecule has 4 saturated heterocycles. The zero-order valence-corrected chi connectivity index (χ0v) is 35.3. The molecule has 5 aliphatic heterocycles. The number of nitrogen functional groups attached to an aromatic ring is 1. The SMILES string of the molecule is Nc1ncnc2c1c(-c1ccc(Oc3ccccc3)cc1)nn2[C@@H]1CCCN(CC2CCN(CCN3CCC(c4ccc5c(c4)CN(C4CCC(=O)NC4=O)C5=O)CC3)CC2)C1. The van der Waals surface area contributed by atoms with Gasteiger partial charge in [0.25, 0.3) is 5.91 Å². The molecule has 322 valence electrons. The number of likely N-dealkylation sites (tertiary alicyclic amines) is 3. The zero-order chi connectivity index (χ0) is 42.2. The first kappa shape index (κ1) is 40.4. The molecular formula is C48H56N10O4. The average Bonchev–Trinajstić information content (AvgIpc) is 3.85. The second-order valence-corrected chi connectivity index (χ2v) is 18.0. The van der Waals surface area contributed by atoms with Gasteiger partial charge in [-0.2, -0.15) is 5.10 Å². The third-order valence-electron chi connectivity index (χ3n) is 14.0. The third kappa shape index (κ3) is 8.43. The number of nitrogens with two attached hydrogens (primary N) is 1. The first-order valence-electron chi connectivity index (χ1n) is 22.6. The Bertz CT molecular complexity index is 2420. The lowest BCUT2D eigenvalue weighted by molar-refractivity contribution is -0.136. The molecule has 10 rings (SSSR count). The number of rotatable bonds is 11. The van der Waals surface area contributed by atoms with E-state index in [0.29, 0.717) is 36.2 Å². The van der Waals surface area contributed by atoms with Gasteiger partial charge in [-0.25, -0.2) is 14.6 Å². The quantitative estimate of drug-likeness (QED) is 0.154. The van der Waals surface area contributed by atoms with Crippen LogP contribution in [0.15, 0.2) is 79.1 Å². The lowest BCUT2D eigenvalue weighted by Crippen LogP contribution is -2.52. The number of benzene rings is 3. The van der Waals surface area contributed by atoms with Crippen molar-refractivity contribution < 1.29 is 19.1 Å². The van der Waals surface area contributed by atoms with E-state index in [1.54, 1.807) is 11.2 Å². The van der Waals surface area contributed by atoms with Crippen LogP contribution in [0.4, 0.5) is 5.82 Å². The van der Waals surface area contributed by atoms with Gasteiger partial charge in [0.1, 0.15) is 35.4 Å². The number of hydrogen-bond acceptors (Lipinski definition) is 11. The van der Waals surface area contributed by atoms with E-state index in [4.69, 9.17) is 20.6 Å². The molecule has 62 heavy (non-hydrogen) atoms. The summed E-state index contributed by atoms with van der Waals surface area (Å²) in [4.78, 5) is 56.0. The standard InChI is InChI=1S/C48H56N10O4/c49-45-43-44(34-8-11-39(12-9-34)62-38-6-2-1-3-7-38)53-58(46(43)51-31-50-45)37-5-4-20-56(30-37)28-32-16-21-54(22-17-32)25-26-55-23-18-33(19-24-55)35-10-13-40-36(27-35)29-57(48(40)61)41-14-15-42(59)52-47(41)60/h1-3,6-13,27,31-33,37,41H,4-5,14-26,28-30H2,(H2,49,50,51)(H,52,59,60)/t37-,41?/m1/s1. The van der Waals surface area contributed by atoms with Crippen molar-refractivity contribution in [2.45, 2.75) is 75.9 Å². The minimum atomic E-state index is -0.577. The number of fused-ring (bicyclic) bond motifs is 2. The monoisotopic (exact) mass is 836 g/mol. The number of amides is 3. The summed E-state index contributed by atoms with van der Waals surface area (Å²) in [5.41, 5.74) is 12.0. The smallest absolute Gasteiger partial charge is 0.255 e. The van der Waals surface area contributed by atoms with Crippen LogP contribution in [-0.2, 0) is 16.1 Å². The predicted octanol–water partition coefficient (Wildman–Crippen LogP) is 5.86. The third-order valence-corrected chi connectivity index (χ3v) is 14.0. The van der Waals surface area contributed by atoms with Gasteiger partial charge >= 0.3 is 0 Å². The van der Waals surface area contributed by atoms with E-state index in [9.17, 15) is 14.4 Å². The summed E-state index contributed by atoms with van der Waals surface area (Å²) < 4.78 is 8.15. The van der Waals surface area contributed by atoms with Gasteiger partial charge in [-0.15, -0.1) is 0 Å². The molecule has 3 aromatic carbocycles. The Hall–Kier alpha value is -5.70. The number of carbonyl (C=O) groups is 3. The van der Waals surface area contributed by atoms with Gasteiger partial charge in [0.05, 0.1) is 11.4 Å². The molecule has 3 amide bonds. The van der Waals surface area contributed by atoms with Gasteiger partial charge in [-0.05, 0) is 143 Å². The van der Waals surface area contributed by atoms with Crippen molar-refractivity contribution in [1.82, 2.24) is 44.7 Å². The maximum Gasteiger partial charge on any atom is 0.255 e. The van der Waals surface area contributed by atoms with Crippen LogP contribution in [0.2, 0.25) is 0 Å². The van der Waals surface area contributed by atoms with Crippen molar-refractivity contribution in [3.8, 4) is 22.8 Å². The summed E-state index contributed by atoms with van der Waals surface area (Å²) in [5, 5.41) is 8.39. The van der Waals surface area contributed by atoms with E-state index in [0.717, 1.165) is 124 Å². The van der Waals surface area contributed by atoms with Crippen molar-refractivity contribution >= 4 is 34.6 Å². The molecule has 0 aliphatic carbocycles. The number of aromatic nitrogens is 4. The predicted molar refractivity (Wildman–Crippen MR) is 236 cm³/mol. The van der Waals surface area contributed by atoms with Crippen molar-refractivity contribution in [3.63, 3.8) is 0 Å². The van der Waals surface area contributed by atoms with Gasteiger partial charge in [0, 0.05) is 50.3 Å². The Morgan fingerprint density at radius 2 is 1.52 bits per heavy atom. The maximum atomic E-state index is 13.2. The highest BCUT2D eigenvalue weighted by Gasteiger charge is 2.39. The number of carbonyl (C=O) groups excluding carboxylic acids is 3. The molecule has 14 heteroatoms. The minimum absolute atomic E-state index is 0.106. The molecule has 14 nitrogen and oxygen atoms in total. The van der Waals surface area contributed by atoms with Crippen LogP contribution in [0.3, 0.4) is 0 Å². The number of piperidine rings is 4. The van der Waals surface area contributed by atoms with Crippen molar-refractivity contribution in [3.05, 3.63) is 95.8 Å². The van der Waals surface area contributed by atoms with Crippen LogP contribution in [0, 0.1) is 5.92 Å². The van der Waals surface area contributed by atoms with E-state index in [2.05, 4.69) is 41.8 Å². The van der Waals surface area contributed by atoms with Crippen molar-refractivity contribution in [1.29, 1.82) is 0 Å². The summed E-state index contributed by atoms with van der Waals surface area (Å²) in [6, 6.07) is 23.7. The van der Waals surface area contributed by atoms with Gasteiger partial charge in [0.2, 0.25) is 11.8 Å². The van der Waals surface area contributed by atoms with Crippen LogP contribution < -0.4 is 15.8 Å². The average molecular weight is 837 g/mol. The van der Waals surface area contributed by atoms with E-state index < -0.39 is 6.04 Å². The molecule has 5 aliphatic rings. The zero-order valence-electron chi connectivity index (χ0n) is 35.3. The topological polar surface area (TPSA) is 155 Å². The number of hydrogen-bond donors (Lipinski definition) is 2. The number of anilines is 1. The second kappa shape index (κ2) is 17.6. The van der Waals surface area contributed by atoms with Crippen LogP contribution >= 0.6 is 0 Å². The highest BCUT2D eigenvalue weighted by Crippen LogP contribution is 2.37. The molecule has 7 heterocycles. The Balaban J connectivity index is 0.686. The molecule has 2 atom stereocenters. The molecule has 3 N–H and O–H groups in total. The number of nitrogens with one attached hydrogen (secondary N) is 1. The van der Waals surface area contributed by atoms with E-state index >= 15 is 0 Å². The molecule has 0 bridgehead atoms. The largest absolute Gasteiger partial charge is 0.457 e. The van der Waals surface area contributed by atoms with Crippen LogP contribution in [0.25, 0.3) is 22.3 Å². The Morgan fingerprint density at radius 1 is 0.774 bits per heavy atom. The van der Waals surface area contributed by atoms with Crippen LogP contribution in [0.5, 0.6) is 11.5 Å². The number of nitrogens with zero attached hydrogens (tertiary/aromatic N) is 8. The Labute approximate surface area is 362 Å². The van der Waals surface area contributed by atoms with Gasteiger partial charge in [-0.1, -0.05) is 30.3 Å². The fraction of sp³-hybridized carbons (Fsp3) is 0.458. The molecule has 1 unspecified atom stereocenters. The van der Waals surface area contributed by atoms with Crippen molar-refractivity contribution in [2.24, 2.45) is 5.92 Å². The fourth-order valence-electron chi connectivity index (χ4n) is 10.5. The molecular weight excluding hydrogens is 781 g/mol. The molecule has 0 spiro atoms. The Morgan fingerprint density at radius 3 is 2.27 bits per heavy atom. The van der Waals surface area contributed by atoms with Crippen LogP contribution in [-0.4, -0.2) is 122 Å². The molecule has 0 radical (unpaired) electrons. The molecule has 2 aromatic heterocycles. The molecule has 4 fully saturated rings. The van der Waals surface area contributed by atoms with E-state index in [-0.39, 0.29) is 30.2 Å². The Kier molecular flexibility index (Phi) is 11.5. The van der Waals surface area contributed by atoms with Gasteiger partial charge in [-0.3, -0.25) is 19.7 Å². The summed E-state index contributed by atoms with van der Waals surface area (Å²) in [6.07, 6.45) is 9.05. The summed E-state index contributed by atoms with van der Waals surface area (Å²) in [5.74, 6) is 2.44. The number of ether oxygens (including phenoxy) is 1.